The van der Waals surface area contributed by atoms with Gasteiger partial charge in [0, 0.05) is 33.8 Å². The van der Waals surface area contributed by atoms with Crippen LogP contribution in [0.2, 0.25) is 0 Å². The molecular weight excluding hydrogens is 386 g/mol. The lowest BCUT2D eigenvalue weighted by atomic mass is 10.1. The minimum atomic E-state index is -3.89. The Bertz CT molecular complexity index is 1370. The van der Waals surface area contributed by atoms with Crippen molar-refractivity contribution >= 4 is 38.2 Å². The number of rotatable bonds is 4. The van der Waals surface area contributed by atoms with E-state index in [0.717, 1.165) is 11.1 Å². The molecule has 0 atom stereocenters. The standard InChI is InChI=1S/C22H15N3O3S/c26-22-17-8-4-7-16-19(11-10-18(24-22)21(16)17)29(27,28)25-20-12-9-15(13-23-20)14-5-2-1-3-6-14/h1-13H,(H,23,25)(H,24,26). The summed E-state index contributed by atoms with van der Waals surface area (Å²) in [5.74, 6) is -0.00610. The number of hydrogen-bond acceptors (Lipinski definition) is 4. The molecule has 5 rings (SSSR count). The van der Waals surface area contributed by atoms with Gasteiger partial charge in [-0.1, -0.05) is 42.5 Å². The second kappa shape index (κ2) is 6.42. The molecule has 0 radical (unpaired) electrons. The van der Waals surface area contributed by atoms with E-state index < -0.39 is 10.0 Å². The van der Waals surface area contributed by atoms with E-state index in [1.165, 1.54) is 6.07 Å². The van der Waals surface area contributed by atoms with Crippen LogP contribution in [0.3, 0.4) is 0 Å². The number of amides is 1. The maximum atomic E-state index is 13.0. The number of carbonyl (C=O) groups excluding carboxylic acids is 1. The molecule has 6 nitrogen and oxygen atoms in total. The van der Waals surface area contributed by atoms with Crippen LogP contribution in [-0.4, -0.2) is 19.3 Å². The fraction of sp³-hybridized carbons (Fsp3) is 0. The van der Waals surface area contributed by atoms with Gasteiger partial charge in [0.2, 0.25) is 0 Å². The van der Waals surface area contributed by atoms with Crippen molar-refractivity contribution in [3.05, 3.63) is 84.6 Å². The van der Waals surface area contributed by atoms with Crippen molar-refractivity contribution in [2.75, 3.05) is 10.0 Å². The average Bonchev–Trinajstić information content (AvgIpc) is 3.06. The summed E-state index contributed by atoms with van der Waals surface area (Å²) < 4.78 is 28.6. The van der Waals surface area contributed by atoms with E-state index >= 15 is 0 Å². The fourth-order valence-electron chi connectivity index (χ4n) is 3.55. The van der Waals surface area contributed by atoms with Crippen LogP contribution in [0, 0.1) is 0 Å². The van der Waals surface area contributed by atoms with Crippen LogP contribution in [0.15, 0.2) is 83.9 Å². The van der Waals surface area contributed by atoms with Gasteiger partial charge in [-0.15, -0.1) is 0 Å². The Labute approximate surface area is 167 Å². The molecule has 0 saturated heterocycles. The van der Waals surface area contributed by atoms with Crippen LogP contribution in [0.1, 0.15) is 10.4 Å². The Morgan fingerprint density at radius 3 is 2.41 bits per heavy atom. The summed E-state index contributed by atoms with van der Waals surface area (Å²) in [4.78, 5) is 16.4. The molecule has 142 valence electrons. The summed E-state index contributed by atoms with van der Waals surface area (Å²) in [5.41, 5.74) is 2.98. The van der Waals surface area contributed by atoms with Gasteiger partial charge in [0.15, 0.2) is 0 Å². The quantitative estimate of drug-likeness (QED) is 0.535. The van der Waals surface area contributed by atoms with Crippen LogP contribution < -0.4 is 10.0 Å². The zero-order valence-electron chi connectivity index (χ0n) is 15.1. The van der Waals surface area contributed by atoms with Crippen molar-refractivity contribution in [1.82, 2.24) is 4.98 Å². The van der Waals surface area contributed by atoms with Gasteiger partial charge >= 0.3 is 0 Å². The summed E-state index contributed by atoms with van der Waals surface area (Å²) >= 11 is 0. The highest BCUT2D eigenvalue weighted by Crippen LogP contribution is 2.36. The van der Waals surface area contributed by atoms with E-state index in [9.17, 15) is 13.2 Å². The summed E-state index contributed by atoms with van der Waals surface area (Å²) in [5, 5.41) is 3.87. The van der Waals surface area contributed by atoms with E-state index in [4.69, 9.17) is 0 Å². The molecule has 1 amide bonds. The first kappa shape index (κ1) is 17.4. The lowest BCUT2D eigenvalue weighted by Gasteiger charge is -2.11. The van der Waals surface area contributed by atoms with Crippen molar-refractivity contribution < 1.29 is 13.2 Å². The summed E-state index contributed by atoms with van der Waals surface area (Å²) in [6.07, 6.45) is 1.63. The fourth-order valence-corrected chi connectivity index (χ4v) is 4.76. The van der Waals surface area contributed by atoms with E-state index in [0.29, 0.717) is 22.0 Å². The topological polar surface area (TPSA) is 88.2 Å². The Hall–Kier alpha value is -3.71. The van der Waals surface area contributed by atoms with Crippen LogP contribution in [0.5, 0.6) is 0 Å². The number of sulfonamides is 1. The smallest absolute Gasteiger partial charge is 0.263 e. The third-order valence-corrected chi connectivity index (χ3v) is 6.31. The molecule has 0 spiro atoms. The minimum absolute atomic E-state index is 0.100. The summed E-state index contributed by atoms with van der Waals surface area (Å²) in [7, 11) is -3.89. The maximum Gasteiger partial charge on any atom is 0.263 e. The van der Waals surface area contributed by atoms with Crippen molar-refractivity contribution in [2.24, 2.45) is 0 Å². The van der Waals surface area contributed by atoms with Gasteiger partial charge in [-0.25, -0.2) is 13.4 Å². The zero-order valence-corrected chi connectivity index (χ0v) is 15.9. The highest BCUT2D eigenvalue weighted by atomic mass is 32.2. The lowest BCUT2D eigenvalue weighted by Crippen LogP contribution is -2.14. The highest BCUT2D eigenvalue weighted by molar-refractivity contribution is 7.93. The predicted octanol–water partition coefficient (Wildman–Crippen LogP) is 4.27. The molecular formula is C22H15N3O3S. The van der Waals surface area contributed by atoms with Gasteiger partial charge in [-0.05, 0) is 35.9 Å². The highest BCUT2D eigenvalue weighted by Gasteiger charge is 2.26. The molecule has 1 aliphatic rings. The van der Waals surface area contributed by atoms with Gasteiger partial charge < -0.3 is 5.32 Å². The first-order valence-electron chi connectivity index (χ1n) is 8.94. The van der Waals surface area contributed by atoms with Crippen molar-refractivity contribution in [1.29, 1.82) is 0 Å². The second-order valence-electron chi connectivity index (χ2n) is 6.70. The second-order valence-corrected chi connectivity index (χ2v) is 8.35. The first-order chi connectivity index (χ1) is 14.0. The Morgan fingerprint density at radius 1 is 0.828 bits per heavy atom. The Balaban J connectivity index is 1.51. The first-order valence-corrected chi connectivity index (χ1v) is 10.4. The molecule has 2 heterocycles. The molecule has 3 aromatic carbocycles. The van der Waals surface area contributed by atoms with Crippen molar-refractivity contribution in [2.45, 2.75) is 4.90 Å². The van der Waals surface area contributed by atoms with Gasteiger partial charge in [0.05, 0.1) is 4.90 Å². The number of hydrogen-bond donors (Lipinski definition) is 2. The maximum absolute atomic E-state index is 13.0. The number of nitrogens with one attached hydrogen (secondary N) is 2. The van der Waals surface area contributed by atoms with E-state index in [2.05, 4.69) is 15.0 Å². The van der Waals surface area contributed by atoms with Gasteiger partial charge in [-0.2, -0.15) is 0 Å². The summed E-state index contributed by atoms with van der Waals surface area (Å²) in [6.45, 7) is 0. The molecule has 0 unspecified atom stereocenters. The molecule has 4 aromatic rings. The molecule has 0 saturated carbocycles. The van der Waals surface area contributed by atoms with E-state index in [1.807, 2.05) is 36.4 Å². The largest absolute Gasteiger partial charge is 0.321 e. The van der Waals surface area contributed by atoms with Gasteiger partial charge in [-0.3, -0.25) is 9.52 Å². The molecule has 0 fully saturated rings. The molecule has 1 aliphatic heterocycles. The van der Waals surface area contributed by atoms with Crippen molar-refractivity contribution in [3.8, 4) is 11.1 Å². The predicted molar refractivity (Wildman–Crippen MR) is 112 cm³/mol. The van der Waals surface area contributed by atoms with Gasteiger partial charge in [0.25, 0.3) is 15.9 Å². The molecule has 0 aliphatic carbocycles. The number of benzene rings is 3. The molecule has 29 heavy (non-hydrogen) atoms. The number of nitrogens with zero attached hydrogens (tertiary/aromatic N) is 1. The van der Waals surface area contributed by atoms with E-state index in [-0.39, 0.29) is 16.6 Å². The van der Waals surface area contributed by atoms with Gasteiger partial charge in [0.1, 0.15) is 5.82 Å². The zero-order chi connectivity index (χ0) is 20.0. The number of aromatic nitrogens is 1. The van der Waals surface area contributed by atoms with Crippen LogP contribution >= 0.6 is 0 Å². The summed E-state index contributed by atoms with van der Waals surface area (Å²) in [6, 6.07) is 21.3. The molecule has 7 heteroatoms. The minimum Gasteiger partial charge on any atom is -0.321 e. The number of pyridine rings is 1. The normalized spacial score (nSPS) is 12.8. The van der Waals surface area contributed by atoms with Crippen molar-refractivity contribution in [3.63, 3.8) is 0 Å². The molecule has 0 bridgehead atoms. The Kier molecular flexibility index (Phi) is 3.85. The molecule has 2 N–H and O–H groups in total. The van der Waals surface area contributed by atoms with Crippen LogP contribution in [0.25, 0.3) is 21.9 Å². The van der Waals surface area contributed by atoms with Crippen LogP contribution in [0.4, 0.5) is 11.5 Å². The number of anilines is 2. The SMILES string of the molecule is O=C1Nc2ccc(S(=O)(=O)Nc3ccc(-c4ccccc4)cn3)c3cccc1c23. The molecule has 1 aromatic heterocycles. The van der Waals surface area contributed by atoms with Crippen LogP contribution in [-0.2, 0) is 10.0 Å². The average molecular weight is 401 g/mol. The number of carbonyl (C=O) groups is 1. The monoisotopic (exact) mass is 401 g/mol. The lowest BCUT2D eigenvalue weighted by molar-refractivity contribution is 0.103. The Morgan fingerprint density at radius 2 is 1.66 bits per heavy atom. The third kappa shape index (κ3) is 2.92. The van der Waals surface area contributed by atoms with E-state index in [1.54, 1.807) is 36.5 Å². The third-order valence-electron chi connectivity index (χ3n) is 4.89.